The fraction of sp³-hybridized carbons (Fsp3) is 0.143. The number of alkyl halides is 3. The Morgan fingerprint density at radius 2 is 2.00 bits per heavy atom. The second-order valence-electron chi connectivity index (χ2n) is 6.77. The highest BCUT2D eigenvalue weighted by atomic mass is 19.4. The molecule has 0 spiro atoms. The molecule has 0 atom stereocenters. The minimum atomic E-state index is -4.37. The Kier molecular flexibility index (Phi) is 4.62. The number of nitrogens with one attached hydrogen (secondary N) is 2. The molecule has 0 fully saturated rings. The van der Waals surface area contributed by atoms with Gasteiger partial charge in [-0.3, -0.25) is 9.48 Å². The van der Waals surface area contributed by atoms with Crippen molar-refractivity contribution in [3.63, 3.8) is 0 Å². The molecule has 0 saturated carbocycles. The molecule has 8 heteroatoms. The second-order valence-corrected chi connectivity index (χ2v) is 6.77. The molecule has 2 N–H and O–H groups in total. The number of hydrogen-bond donors (Lipinski definition) is 2. The fourth-order valence-corrected chi connectivity index (χ4v) is 3.23. The lowest BCUT2D eigenvalue weighted by atomic mass is 10.1. The first-order chi connectivity index (χ1) is 13.8. The third-order valence-corrected chi connectivity index (χ3v) is 4.56. The summed E-state index contributed by atoms with van der Waals surface area (Å²) in [5, 5.41) is 7.92. The third kappa shape index (κ3) is 4.01. The number of rotatable bonds is 4. The SMILES string of the molecule is CC(=O)Nc1c[nH]c2ccc(-c3cnn(Cc4cccc(C(F)(F)F)c4)c3)cc12. The van der Waals surface area contributed by atoms with Gasteiger partial charge in [0.05, 0.1) is 24.0 Å². The van der Waals surface area contributed by atoms with E-state index < -0.39 is 11.7 Å². The molecule has 148 valence electrons. The number of halogens is 3. The molecular weight excluding hydrogens is 381 g/mol. The molecule has 0 saturated heterocycles. The van der Waals surface area contributed by atoms with Gasteiger partial charge in [-0.05, 0) is 35.4 Å². The Labute approximate surface area is 164 Å². The molecule has 1 amide bonds. The van der Waals surface area contributed by atoms with Gasteiger partial charge in [-0.25, -0.2) is 0 Å². The third-order valence-electron chi connectivity index (χ3n) is 4.56. The molecule has 2 aromatic heterocycles. The number of nitrogens with zero attached hydrogens (tertiary/aromatic N) is 2. The summed E-state index contributed by atoms with van der Waals surface area (Å²) in [6.07, 6.45) is 0.807. The van der Waals surface area contributed by atoms with Crippen LogP contribution in [0.1, 0.15) is 18.1 Å². The molecule has 0 radical (unpaired) electrons. The van der Waals surface area contributed by atoms with Crippen molar-refractivity contribution < 1.29 is 18.0 Å². The van der Waals surface area contributed by atoms with E-state index in [9.17, 15) is 18.0 Å². The predicted octanol–water partition coefficient (Wildman–Crippen LogP) is 5.06. The maximum absolute atomic E-state index is 12.9. The average Bonchev–Trinajstić information content (AvgIpc) is 3.28. The lowest BCUT2D eigenvalue weighted by molar-refractivity contribution is -0.137. The van der Waals surface area contributed by atoms with Crippen molar-refractivity contribution >= 4 is 22.5 Å². The van der Waals surface area contributed by atoms with Gasteiger partial charge in [0.15, 0.2) is 0 Å². The van der Waals surface area contributed by atoms with Crippen LogP contribution in [0.2, 0.25) is 0 Å². The summed E-state index contributed by atoms with van der Waals surface area (Å²) in [4.78, 5) is 14.5. The first-order valence-corrected chi connectivity index (χ1v) is 8.87. The number of aromatic nitrogens is 3. The van der Waals surface area contributed by atoms with Crippen LogP contribution in [0.25, 0.3) is 22.0 Å². The minimum Gasteiger partial charge on any atom is -0.359 e. The normalized spacial score (nSPS) is 11.7. The quantitative estimate of drug-likeness (QED) is 0.505. The summed E-state index contributed by atoms with van der Waals surface area (Å²) in [6.45, 7) is 1.67. The van der Waals surface area contributed by atoms with Crippen LogP contribution in [0.4, 0.5) is 18.9 Å². The number of amides is 1. The van der Waals surface area contributed by atoms with Crippen LogP contribution >= 0.6 is 0 Å². The van der Waals surface area contributed by atoms with Crippen molar-refractivity contribution in [1.29, 1.82) is 0 Å². The molecule has 2 aromatic carbocycles. The Balaban J connectivity index is 1.60. The van der Waals surface area contributed by atoms with Crippen LogP contribution in [0.5, 0.6) is 0 Å². The lowest BCUT2D eigenvalue weighted by Gasteiger charge is -2.08. The van der Waals surface area contributed by atoms with Crippen molar-refractivity contribution in [2.75, 3.05) is 5.32 Å². The lowest BCUT2D eigenvalue weighted by Crippen LogP contribution is -2.07. The van der Waals surface area contributed by atoms with E-state index in [0.29, 0.717) is 11.3 Å². The van der Waals surface area contributed by atoms with Crippen molar-refractivity contribution in [3.8, 4) is 11.1 Å². The summed E-state index contributed by atoms with van der Waals surface area (Å²) >= 11 is 0. The molecule has 2 heterocycles. The number of carbonyl (C=O) groups excluding carboxylic acids is 1. The van der Waals surface area contributed by atoms with Crippen LogP contribution in [0, 0.1) is 0 Å². The van der Waals surface area contributed by atoms with E-state index in [1.54, 1.807) is 29.3 Å². The molecule has 0 aliphatic carbocycles. The molecule has 0 aliphatic rings. The van der Waals surface area contributed by atoms with Crippen LogP contribution in [0.3, 0.4) is 0 Å². The highest BCUT2D eigenvalue weighted by Gasteiger charge is 2.30. The summed E-state index contributed by atoms with van der Waals surface area (Å²) in [6, 6.07) is 11.0. The van der Waals surface area contributed by atoms with Gasteiger partial charge in [0.25, 0.3) is 0 Å². The van der Waals surface area contributed by atoms with Crippen LogP contribution in [-0.2, 0) is 17.5 Å². The van der Waals surface area contributed by atoms with E-state index in [4.69, 9.17) is 0 Å². The van der Waals surface area contributed by atoms with E-state index >= 15 is 0 Å². The van der Waals surface area contributed by atoms with Crippen molar-refractivity contribution in [2.45, 2.75) is 19.6 Å². The van der Waals surface area contributed by atoms with Gasteiger partial charge < -0.3 is 10.3 Å². The molecule has 4 rings (SSSR count). The standard InChI is InChI=1S/C21H17F3N4O/c1-13(29)27-20-10-25-19-6-5-15(8-18(19)20)16-9-26-28(12-16)11-14-3-2-4-17(7-14)21(22,23)24/h2-10,12,25H,11H2,1H3,(H,27,29). The fourth-order valence-electron chi connectivity index (χ4n) is 3.23. The van der Waals surface area contributed by atoms with E-state index in [-0.39, 0.29) is 12.5 Å². The van der Waals surface area contributed by atoms with Crippen LogP contribution < -0.4 is 5.32 Å². The first-order valence-electron chi connectivity index (χ1n) is 8.87. The zero-order chi connectivity index (χ0) is 20.6. The smallest absolute Gasteiger partial charge is 0.359 e. The zero-order valence-corrected chi connectivity index (χ0v) is 15.4. The number of benzene rings is 2. The molecule has 4 aromatic rings. The molecular formula is C21H17F3N4O. The molecule has 0 aliphatic heterocycles. The molecule has 0 unspecified atom stereocenters. The van der Waals surface area contributed by atoms with Gasteiger partial charge >= 0.3 is 6.18 Å². The number of carbonyl (C=O) groups is 1. The molecule has 29 heavy (non-hydrogen) atoms. The van der Waals surface area contributed by atoms with Gasteiger partial charge in [0.2, 0.25) is 5.91 Å². The summed E-state index contributed by atoms with van der Waals surface area (Å²) in [5.74, 6) is -0.162. The van der Waals surface area contributed by atoms with Gasteiger partial charge in [-0.1, -0.05) is 18.2 Å². The van der Waals surface area contributed by atoms with Gasteiger partial charge in [-0.15, -0.1) is 0 Å². The number of anilines is 1. The maximum atomic E-state index is 12.9. The van der Waals surface area contributed by atoms with E-state index in [0.717, 1.165) is 34.2 Å². The zero-order valence-electron chi connectivity index (χ0n) is 15.4. The minimum absolute atomic E-state index is 0.162. The average molecular weight is 398 g/mol. The van der Waals surface area contributed by atoms with Crippen LogP contribution in [-0.4, -0.2) is 20.7 Å². The summed E-state index contributed by atoms with van der Waals surface area (Å²) in [5.41, 5.74) is 3.13. The predicted molar refractivity (Wildman–Crippen MR) is 104 cm³/mol. The Morgan fingerprint density at radius 1 is 1.17 bits per heavy atom. The van der Waals surface area contributed by atoms with Crippen LogP contribution in [0.15, 0.2) is 61.1 Å². The monoisotopic (exact) mass is 398 g/mol. The second kappa shape index (κ2) is 7.12. The van der Waals surface area contributed by atoms with E-state index in [1.807, 2.05) is 18.2 Å². The largest absolute Gasteiger partial charge is 0.416 e. The van der Waals surface area contributed by atoms with E-state index in [2.05, 4.69) is 15.4 Å². The van der Waals surface area contributed by atoms with E-state index in [1.165, 1.54) is 13.0 Å². The highest BCUT2D eigenvalue weighted by Crippen LogP contribution is 2.31. The number of aromatic amines is 1. The summed E-state index contributed by atoms with van der Waals surface area (Å²) < 4.78 is 40.3. The maximum Gasteiger partial charge on any atom is 0.416 e. The topological polar surface area (TPSA) is 62.7 Å². The van der Waals surface area contributed by atoms with Crippen molar-refractivity contribution in [2.24, 2.45) is 0 Å². The Bertz CT molecular complexity index is 1190. The Morgan fingerprint density at radius 3 is 2.76 bits per heavy atom. The van der Waals surface area contributed by atoms with Gasteiger partial charge in [-0.2, -0.15) is 18.3 Å². The summed E-state index contributed by atoms with van der Waals surface area (Å²) in [7, 11) is 0. The number of fused-ring (bicyclic) bond motifs is 1. The van der Waals surface area contributed by atoms with Crippen molar-refractivity contribution in [3.05, 3.63) is 72.2 Å². The van der Waals surface area contributed by atoms with Gasteiger partial charge in [0.1, 0.15) is 0 Å². The number of H-pyrrole nitrogens is 1. The number of hydrogen-bond acceptors (Lipinski definition) is 2. The van der Waals surface area contributed by atoms with Gasteiger partial charge in [0, 0.05) is 35.8 Å². The van der Waals surface area contributed by atoms with Crippen molar-refractivity contribution in [1.82, 2.24) is 14.8 Å². The molecule has 0 bridgehead atoms. The Hall–Kier alpha value is -3.55. The molecule has 5 nitrogen and oxygen atoms in total. The highest BCUT2D eigenvalue weighted by molar-refractivity contribution is 6.02. The first kappa shape index (κ1) is 18.8.